The number of hydrogen-bond donors (Lipinski definition) is 2. The fraction of sp³-hybridized carbons (Fsp3) is 0.130. The molecule has 0 atom stereocenters. The molecule has 0 aliphatic heterocycles. The third kappa shape index (κ3) is 7.03. The van der Waals surface area contributed by atoms with Crippen molar-refractivity contribution in [3.8, 4) is 0 Å². The highest BCUT2D eigenvalue weighted by Gasteiger charge is 2.27. The molecule has 33 heavy (non-hydrogen) atoms. The molecule has 3 aromatic rings. The molecule has 0 spiro atoms. The second kappa shape index (κ2) is 10.8. The van der Waals surface area contributed by atoms with Gasteiger partial charge in [0.25, 0.3) is 0 Å². The van der Waals surface area contributed by atoms with Crippen molar-refractivity contribution in [3.63, 3.8) is 0 Å². The predicted octanol–water partition coefficient (Wildman–Crippen LogP) is 4.78. The fourth-order valence-electron chi connectivity index (χ4n) is 3.06. The van der Waals surface area contributed by atoms with Crippen molar-refractivity contribution < 1.29 is 18.0 Å². The number of hydrogen-bond acceptors (Lipinski definition) is 4. The molecular formula is C23H21Cl2N3O4S. The first-order valence-electron chi connectivity index (χ1n) is 9.81. The molecule has 0 aliphatic rings. The van der Waals surface area contributed by atoms with Crippen LogP contribution in [0.3, 0.4) is 0 Å². The number of nitrogens with one attached hydrogen (secondary N) is 2. The highest BCUT2D eigenvalue weighted by molar-refractivity contribution is 7.89. The van der Waals surface area contributed by atoms with Gasteiger partial charge in [-0.2, -0.15) is 4.31 Å². The Morgan fingerprint density at radius 2 is 1.45 bits per heavy atom. The molecule has 3 rings (SSSR count). The second-order valence-corrected chi connectivity index (χ2v) is 9.98. The van der Waals surface area contributed by atoms with Gasteiger partial charge >= 0.3 is 0 Å². The van der Waals surface area contributed by atoms with Gasteiger partial charge in [0.05, 0.1) is 11.4 Å². The molecule has 0 saturated heterocycles. The third-order valence-corrected chi connectivity index (χ3v) is 6.72. The Bertz CT molecular complexity index is 1230. The molecular weight excluding hydrogens is 485 g/mol. The highest BCUT2D eigenvalue weighted by Crippen LogP contribution is 2.24. The lowest BCUT2D eigenvalue weighted by Crippen LogP contribution is -2.37. The predicted molar refractivity (Wildman–Crippen MR) is 130 cm³/mol. The number of nitrogens with zero attached hydrogens (tertiary/aromatic N) is 1. The topological polar surface area (TPSA) is 95.6 Å². The van der Waals surface area contributed by atoms with E-state index in [2.05, 4.69) is 10.6 Å². The minimum atomic E-state index is -4.04. The van der Waals surface area contributed by atoms with E-state index in [1.807, 2.05) is 6.07 Å². The summed E-state index contributed by atoms with van der Waals surface area (Å²) in [6.07, 6.45) is 0. The molecule has 0 radical (unpaired) electrons. The van der Waals surface area contributed by atoms with Gasteiger partial charge in [-0.05, 0) is 48.0 Å². The van der Waals surface area contributed by atoms with Crippen LogP contribution in [0.1, 0.15) is 12.5 Å². The van der Waals surface area contributed by atoms with Crippen LogP contribution in [0, 0.1) is 0 Å². The first-order chi connectivity index (χ1) is 15.6. The zero-order valence-electron chi connectivity index (χ0n) is 17.6. The van der Waals surface area contributed by atoms with Crippen LogP contribution < -0.4 is 10.6 Å². The number of rotatable bonds is 8. The molecule has 3 aromatic carbocycles. The van der Waals surface area contributed by atoms with Crippen molar-refractivity contribution in [2.75, 3.05) is 17.2 Å². The quantitative estimate of drug-likeness (QED) is 0.460. The van der Waals surface area contributed by atoms with Crippen molar-refractivity contribution in [1.82, 2.24) is 4.31 Å². The van der Waals surface area contributed by atoms with E-state index < -0.39 is 22.5 Å². The van der Waals surface area contributed by atoms with Crippen molar-refractivity contribution in [2.45, 2.75) is 18.4 Å². The summed E-state index contributed by atoms with van der Waals surface area (Å²) in [5, 5.41) is 5.90. The number of carbonyl (C=O) groups excluding carboxylic acids is 2. The van der Waals surface area contributed by atoms with Gasteiger partial charge in [0.2, 0.25) is 21.8 Å². The summed E-state index contributed by atoms with van der Waals surface area (Å²) in [5.41, 5.74) is 1.54. The molecule has 0 aliphatic carbocycles. The highest BCUT2D eigenvalue weighted by atomic mass is 35.5. The van der Waals surface area contributed by atoms with Crippen LogP contribution in [0.5, 0.6) is 0 Å². The normalized spacial score (nSPS) is 11.3. The molecule has 10 heteroatoms. The summed E-state index contributed by atoms with van der Waals surface area (Å²) in [4.78, 5) is 24.0. The Kier molecular flexibility index (Phi) is 8.10. The summed E-state index contributed by atoms with van der Waals surface area (Å²) in [7, 11) is -4.04. The monoisotopic (exact) mass is 505 g/mol. The molecule has 0 unspecified atom stereocenters. The van der Waals surface area contributed by atoms with E-state index in [0.717, 1.165) is 9.87 Å². The van der Waals surface area contributed by atoms with Crippen LogP contribution in [-0.4, -0.2) is 31.1 Å². The number of anilines is 2. The molecule has 0 aromatic heterocycles. The van der Waals surface area contributed by atoms with Gasteiger partial charge in [0.1, 0.15) is 0 Å². The number of amides is 2. The average Bonchev–Trinajstić information content (AvgIpc) is 2.73. The lowest BCUT2D eigenvalue weighted by Gasteiger charge is -2.22. The number of halogens is 2. The minimum absolute atomic E-state index is 0.00821. The molecule has 2 N–H and O–H groups in total. The Hall–Kier alpha value is -2.91. The average molecular weight is 506 g/mol. The van der Waals surface area contributed by atoms with Gasteiger partial charge in [-0.25, -0.2) is 8.42 Å². The standard InChI is InChI=1S/C23H21Cl2N3O4S/c1-16(29)26-20-7-9-22(10-8-20)33(31,32)28(14-17-5-3-2-4-6-17)15-23(30)27-21-12-18(24)11-19(25)13-21/h2-13H,14-15H2,1H3,(H,26,29)(H,27,30). The molecule has 0 heterocycles. The lowest BCUT2D eigenvalue weighted by atomic mass is 10.2. The van der Waals surface area contributed by atoms with Crippen LogP contribution >= 0.6 is 23.2 Å². The maximum atomic E-state index is 13.4. The number of benzene rings is 3. The van der Waals surface area contributed by atoms with Crippen LogP contribution in [-0.2, 0) is 26.2 Å². The van der Waals surface area contributed by atoms with Crippen molar-refractivity contribution in [3.05, 3.63) is 88.4 Å². The van der Waals surface area contributed by atoms with Gasteiger partial charge < -0.3 is 10.6 Å². The largest absolute Gasteiger partial charge is 0.326 e. The van der Waals surface area contributed by atoms with Crippen molar-refractivity contribution in [2.24, 2.45) is 0 Å². The molecule has 7 nitrogen and oxygen atoms in total. The number of sulfonamides is 1. The van der Waals surface area contributed by atoms with Crippen molar-refractivity contribution in [1.29, 1.82) is 0 Å². The maximum Gasteiger partial charge on any atom is 0.243 e. The van der Waals surface area contributed by atoms with Gasteiger partial charge in [0, 0.05) is 34.9 Å². The Morgan fingerprint density at radius 3 is 2.03 bits per heavy atom. The van der Waals surface area contributed by atoms with Gasteiger partial charge in [-0.1, -0.05) is 53.5 Å². The van der Waals surface area contributed by atoms with E-state index in [9.17, 15) is 18.0 Å². The van der Waals surface area contributed by atoms with Gasteiger partial charge in [-0.15, -0.1) is 0 Å². The Balaban J connectivity index is 1.86. The van der Waals surface area contributed by atoms with E-state index in [0.29, 0.717) is 21.4 Å². The van der Waals surface area contributed by atoms with Gasteiger partial charge in [0.15, 0.2) is 0 Å². The summed E-state index contributed by atoms with van der Waals surface area (Å²) in [6.45, 7) is 0.910. The van der Waals surface area contributed by atoms with Crippen LogP contribution in [0.25, 0.3) is 0 Å². The zero-order valence-corrected chi connectivity index (χ0v) is 19.9. The molecule has 0 saturated carbocycles. The van der Waals surface area contributed by atoms with E-state index >= 15 is 0 Å². The smallest absolute Gasteiger partial charge is 0.243 e. The van der Waals surface area contributed by atoms with Crippen LogP contribution in [0.15, 0.2) is 77.7 Å². The summed E-state index contributed by atoms with van der Waals surface area (Å²) < 4.78 is 27.8. The number of carbonyl (C=O) groups is 2. The molecule has 0 bridgehead atoms. The molecule has 172 valence electrons. The van der Waals surface area contributed by atoms with E-state index in [1.165, 1.54) is 49.4 Å². The van der Waals surface area contributed by atoms with E-state index in [-0.39, 0.29) is 17.3 Å². The van der Waals surface area contributed by atoms with E-state index in [1.54, 1.807) is 24.3 Å². The van der Waals surface area contributed by atoms with Gasteiger partial charge in [-0.3, -0.25) is 9.59 Å². The molecule has 0 fully saturated rings. The van der Waals surface area contributed by atoms with Crippen molar-refractivity contribution >= 4 is 56.4 Å². The fourth-order valence-corrected chi connectivity index (χ4v) is 4.97. The summed E-state index contributed by atoms with van der Waals surface area (Å²) >= 11 is 12.0. The first kappa shape index (κ1) is 24.7. The van der Waals surface area contributed by atoms with Crippen LogP contribution in [0.4, 0.5) is 11.4 Å². The SMILES string of the molecule is CC(=O)Nc1ccc(S(=O)(=O)N(CC(=O)Nc2cc(Cl)cc(Cl)c2)Cc2ccccc2)cc1. The third-order valence-electron chi connectivity index (χ3n) is 4.48. The Morgan fingerprint density at radius 1 is 0.848 bits per heavy atom. The second-order valence-electron chi connectivity index (χ2n) is 7.17. The summed E-state index contributed by atoms with van der Waals surface area (Å²) in [6, 6.07) is 19.2. The van der Waals surface area contributed by atoms with E-state index in [4.69, 9.17) is 23.2 Å². The maximum absolute atomic E-state index is 13.4. The Labute approximate surface area is 202 Å². The summed E-state index contributed by atoms with van der Waals surface area (Å²) in [5.74, 6) is -0.822. The zero-order chi connectivity index (χ0) is 24.0. The van der Waals surface area contributed by atoms with Crippen LogP contribution in [0.2, 0.25) is 10.0 Å². The first-order valence-corrected chi connectivity index (χ1v) is 12.0. The molecule has 2 amide bonds. The minimum Gasteiger partial charge on any atom is -0.326 e. The lowest BCUT2D eigenvalue weighted by molar-refractivity contribution is -0.116.